The number of phenolic OH excluding ortho intramolecular Hbond substituents is 1. The molecule has 1 amide bonds. The molecule has 0 bridgehead atoms. The first-order valence-corrected chi connectivity index (χ1v) is 6.20. The predicted molar refractivity (Wildman–Crippen MR) is 69.7 cm³/mol. The summed E-state index contributed by atoms with van der Waals surface area (Å²) in [5, 5.41) is 12.0. The van der Waals surface area contributed by atoms with Crippen molar-refractivity contribution in [3.63, 3.8) is 0 Å². The monoisotopic (exact) mass is 255 g/mol. The molecule has 0 spiro atoms. The first-order valence-electron chi connectivity index (χ1n) is 5.76. The van der Waals surface area contributed by atoms with Crippen LogP contribution >= 0.6 is 11.6 Å². The average Bonchev–Trinajstić information content (AvgIpc) is 2.26. The number of carbonyl (C=O) groups is 1. The normalized spacial score (nSPS) is 12.2. The van der Waals surface area contributed by atoms with Crippen molar-refractivity contribution in [2.75, 3.05) is 6.54 Å². The standard InChI is InChI=1S/C13H18ClNO2/c1-3-4-10(14)8-15-13(17)12-6-5-11(16)7-9(12)2/h5-7,10,16H,3-4,8H2,1-2H3,(H,15,17). The fourth-order valence-electron chi connectivity index (χ4n) is 1.62. The van der Waals surface area contributed by atoms with Gasteiger partial charge in [0, 0.05) is 12.1 Å². The third-order valence-corrected chi connectivity index (χ3v) is 2.91. The molecule has 4 heteroatoms. The number of aromatic hydroxyl groups is 1. The fraction of sp³-hybridized carbons (Fsp3) is 0.462. The number of amides is 1. The van der Waals surface area contributed by atoms with Crippen LogP contribution < -0.4 is 5.32 Å². The Balaban J connectivity index is 2.58. The Morgan fingerprint density at radius 3 is 2.82 bits per heavy atom. The lowest BCUT2D eigenvalue weighted by molar-refractivity contribution is 0.0952. The number of benzene rings is 1. The molecule has 0 saturated carbocycles. The molecule has 1 rings (SSSR count). The second-order valence-electron chi connectivity index (χ2n) is 4.10. The topological polar surface area (TPSA) is 49.3 Å². The number of carbonyl (C=O) groups excluding carboxylic acids is 1. The maximum absolute atomic E-state index is 11.8. The predicted octanol–water partition coefficient (Wildman–Crippen LogP) is 2.84. The van der Waals surface area contributed by atoms with Crippen LogP contribution in [0.3, 0.4) is 0 Å². The molecular formula is C13H18ClNO2. The average molecular weight is 256 g/mol. The van der Waals surface area contributed by atoms with Crippen molar-refractivity contribution in [2.45, 2.75) is 32.1 Å². The molecule has 17 heavy (non-hydrogen) atoms. The molecule has 1 aromatic rings. The van der Waals surface area contributed by atoms with Crippen LogP contribution in [0.5, 0.6) is 5.75 Å². The maximum atomic E-state index is 11.8. The Kier molecular flexibility index (Phi) is 5.29. The molecule has 0 radical (unpaired) electrons. The van der Waals surface area contributed by atoms with Gasteiger partial charge in [-0.25, -0.2) is 0 Å². The number of halogens is 1. The molecule has 1 unspecified atom stereocenters. The number of rotatable bonds is 5. The molecule has 2 N–H and O–H groups in total. The molecule has 0 aliphatic heterocycles. The molecule has 0 aromatic heterocycles. The highest BCUT2D eigenvalue weighted by atomic mass is 35.5. The minimum atomic E-state index is -0.149. The molecule has 1 aromatic carbocycles. The van der Waals surface area contributed by atoms with Gasteiger partial charge in [-0.3, -0.25) is 4.79 Å². The van der Waals surface area contributed by atoms with E-state index in [2.05, 4.69) is 12.2 Å². The third kappa shape index (κ3) is 4.27. The minimum Gasteiger partial charge on any atom is -0.508 e. The minimum absolute atomic E-state index is 0.0265. The Morgan fingerprint density at radius 1 is 1.53 bits per heavy atom. The van der Waals surface area contributed by atoms with E-state index in [4.69, 9.17) is 11.6 Å². The molecule has 0 heterocycles. The number of nitrogens with one attached hydrogen (secondary N) is 1. The summed E-state index contributed by atoms with van der Waals surface area (Å²) in [6, 6.07) is 4.69. The molecule has 0 aliphatic rings. The number of aryl methyl sites for hydroxylation is 1. The van der Waals surface area contributed by atoms with Crippen LogP contribution in [0.15, 0.2) is 18.2 Å². The fourth-order valence-corrected chi connectivity index (χ4v) is 1.91. The summed E-state index contributed by atoms with van der Waals surface area (Å²) in [6.07, 6.45) is 1.89. The van der Waals surface area contributed by atoms with Gasteiger partial charge in [-0.15, -0.1) is 11.6 Å². The summed E-state index contributed by atoms with van der Waals surface area (Å²) in [4.78, 5) is 11.8. The van der Waals surface area contributed by atoms with Gasteiger partial charge in [0.1, 0.15) is 5.75 Å². The largest absolute Gasteiger partial charge is 0.508 e. The lowest BCUT2D eigenvalue weighted by Gasteiger charge is -2.11. The van der Waals surface area contributed by atoms with Gasteiger partial charge in [0.25, 0.3) is 5.91 Å². The lowest BCUT2D eigenvalue weighted by Crippen LogP contribution is -2.30. The van der Waals surface area contributed by atoms with Crippen LogP contribution in [0.1, 0.15) is 35.7 Å². The first-order chi connectivity index (χ1) is 8.04. The van der Waals surface area contributed by atoms with E-state index in [-0.39, 0.29) is 17.0 Å². The number of hydrogen-bond acceptors (Lipinski definition) is 2. The summed E-state index contributed by atoms with van der Waals surface area (Å²) in [5.74, 6) is 0.0181. The summed E-state index contributed by atoms with van der Waals surface area (Å²) < 4.78 is 0. The Morgan fingerprint density at radius 2 is 2.24 bits per heavy atom. The van der Waals surface area contributed by atoms with Crippen molar-refractivity contribution in [1.29, 1.82) is 0 Å². The van der Waals surface area contributed by atoms with E-state index in [1.807, 2.05) is 0 Å². The Hall–Kier alpha value is -1.22. The second-order valence-corrected chi connectivity index (χ2v) is 4.71. The van der Waals surface area contributed by atoms with Crippen LogP contribution in [-0.4, -0.2) is 22.9 Å². The lowest BCUT2D eigenvalue weighted by atomic mass is 10.1. The summed E-state index contributed by atoms with van der Waals surface area (Å²) in [5.41, 5.74) is 1.33. The van der Waals surface area contributed by atoms with Crippen LogP contribution in [0.25, 0.3) is 0 Å². The van der Waals surface area contributed by atoms with E-state index in [9.17, 15) is 9.90 Å². The SMILES string of the molecule is CCCC(Cl)CNC(=O)c1ccc(O)cc1C. The van der Waals surface area contributed by atoms with E-state index in [0.29, 0.717) is 12.1 Å². The summed E-state index contributed by atoms with van der Waals surface area (Å²) >= 11 is 6.02. The van der Waals surface area contributed by atoms with Gasteiger partial charge < -0.3 is 10.4 Å². The van der Waals surface area contributed by atoms with Crippen molar-refractivity contribution in [2.24, 2.45) is 0 Å². The summed E-state index contributed by atoms with van der Waals surface area (Å²) in [6.45, 7) is 4.31. The van der Waals surface area contributed by atoms with E-state index < -0.39 is 0 Å². The highest BCUT2D eigenvalue weighted by Crippen LogP contribution is 2.15. The van der Waals surface area contributed by atoms with Crippen LogP contribution in [-0.2, 0) is 0 Å². The highest BCUT2D eigenvalue weighted by molar-refractivity contribution is 6.20. The molecule has 3 nitrogen and oxygen atoms in total. The van der Waals surface area contributed by atoms with Gasteiger partial charge in [-0.05, 0) is 37.1 Å². The molecular weight excluding hydrogens is 238 g/mol. The molecule has 1 atom stereocenters. The van der Waals surface area contributed by atoms with E-state index in [1.54, 1.807) is 19.1 Å². The van der Waals surface area contributed by atoms with Crippen LogP contribution in [0.4, 0.5) is 0 Å². The third-order valence-electron chi connectivity index (χ3n) is 2.54. The summed E-state index contributed by atoms with van der Waals surface area (Å²) in [7, 11) is 0. The van der Waals surface area contributed by atoms with Gasteiger partial charge in [0.15, 0.2) is 0 Å². The molecule has 0 fully saturated rings. The van der Waals surface area contributed by atoms with Crippen LogP contribution in [0.2, 0.25) is 0 Å². The van der Waals surface area contributed by atoms with E-state index >= 15 is 0 Å². The van der Waals surface area contributed by atoms with Crippen molar-refractivity contribution < 1.29 is 9.90 Å². The maximum Gasteiger partial charge on any atom is 0.251 e. The van der Waals surface area contributed by atoms with Crippen molar-refractivity contribution in [3.05, 3.63) is 29.3 Å². The quantitative estimate of drug-likeness (QED) is 0.795. The second kappa shape index (κ2) is 6.50. The number of hydrogen-bond donors (Lipinski definition) is 2. The zero-order valence-electron chi connectivity index (χ0n) is 10.2. The number of phenols is 1. The van der Waals surface area contributed by atoms with Crippen molar-refractivity contribution >= 4 is 17.5 Å². The van der Waals surface area contributed by atoms with Crippen molar-refractivity contribution in [1.82, 2.24) is 5.32 Å². The molecule has 0 saturated heterocycles. The van der Waals surface area contributed by atoms with Gasteiger partial charge in [0.2, 0.25) is 0 Å². The molecule has 0 aliphatic carbocycles. The molecule has 94 valence electrons. The van der Waals surface area contributed by atoms with Gasteiger partial charge in [-0.1, -0.05) is 13.3 Å². The van der Waals surface area contributed by atoms with E-state index in [1.165, 1.54) is 6.07 Å². The first kappa shape index (κ1) is 13.8. The highest BCUT2D eigenvalue weighted by Gasteiger charge is 2.11. The Bertz CT molecular complexity index is 393. The zero-order valence-corrected chi connectivity index (χ0v) is 10.9. The van der Waals surface area contributed by atoms with Gasteiger partial charge >= 0.3 is 0 Å². The van der Waals surface area contributed by atoms with Crippen molar-refractivity contribution in [3.8, 4) is 5.75 Å². The van der Waals surface area contributed by atoms with Gasteiger partial charge in [0.05, 0.1) is 5.38 Å². The number of alkyl halides is 1. The smallest absolute Gasteiger partial charge is 0.251 e. The zero-order chi connectivity index (χ0) is 12.8. The Labute approximate surface area is 107 Å². The van der Waals surface area contributed by atoms with E-state index in [0.717, 1.165) is 18.4 Å². The van der Waals surface area contributed by atoms with Crippen LogP contribution in [0, 0.1) is 6.92 Å². The van der Waals surface area contributed by atoms with Gasteiger partial charge in [-0.2, -0.15) is 0 Å².